The molecule has 80 heavy (non-hydrogen) atoms. The molecule has 0 N–H and O–H groups in total. The monoisotopic (exact) mass is 1020 g/mol. The van der Waals surface area contributed by atoms with Crippen LogP contribution in [-0.2, 0) is 0 Å². The summed E-state index contributed by atoms with van der Waals surface area (Å²) in [5, 5.41) is 64.6. The van der Waals surface area contributed by atoms with Crippen LogP contribution >= 0.6 is 0 Å². The Kier molecular flexibility index (Phi) is 11.6. The second-order valence-electron chi connectivity index (χ2n) is 19.2. The van der Waals surface area contributed by atoms with Crippen molar-refractivity contribution in [2.24, 2.45) is 0 Å². The first-order valence-corrected chi connectivity index (χ1v) is 25.5. The van der Waals surface area contributed by atoms with E-state index in [9.17, 15) is 31.6 Å². The molecule has 0 bridgehead atoms. The average Bonchev–Trinajstić information content (AvgIpc) is 4.20. The van der Waals surface area contributed by atoms with E-state index in [0.717, 1.165) is 94.2 Å². The van der Waals surface area contributed by atoms with Crippen molar-refractivity contribution in [1.82, 2.24) is 19.1 Å². The fourth-order valence-corrected chi connectivity index (χ4v) is 11.2. The molecule has 0 unspecified atom stereocenters. The lowest BCUT2D eigenvalue weighted by Gasteiger charge is -2.20. The second-order valence-corrected chi connectivity index (χ2v) is 19.2. The van der Waals surface area contributed by atoms with Crippen LogP contribution in [0.5, 0.6) is 0 Å². The molecule has 0 radical (unpaired) electrons. The van der Waals surface area contributed by atoms with Crippen LogP contribution in [0.15, 0.2) is 218 Å². The summed E-state index contributed by atoms with van der Waals surface area (Å²) in [6.07, 6.45) is 0. The van der Waals surface area contributed by atoms with Gasteiger partial charge in [0, 0.05) is 60.5 Å². The number of hydrogen-bond donors (Lipinski definition) is 0. The number of hydrogen-bond acceptors (Lipinski definition) is 8. The van der Waals surface area contributed by atoms with Crippen molar-refractivity contribution in [2.45, 2.75) is 0 Å². The zero-order chi connectivity index (χ0) is 54.4. The van der Waals surface area contributed by atoms with Crippen molar-refractivity contribution in [3.63, 3.8) is 0 Å². The first kappa shape index (κ1) is 47.5. The topological polar surface area (TPSA) is 178 Å². The molecule has 0 amide bonds. The lowest BCUT2D eigenvalue weighted by molar-refractivity contribution is 1.15. The van der Waals surface area contributed by atoms with Gasteiger partial charge in [0.25, 0.3) is 0 Å². The normalized spacial score (nSPS) is 10.9. The smallest absolute Gasteiger partial charge is 0.160 e. The van der Waals surface area contributed by atoms with Gasteiger partial charge in [0.2, 0.25) is 0 Å². The zero-order valence-electron chi connectivity index (χ0n) is 42.3. The van der Waals surface area contributed by atoms with E-state index in [1.807, 2.05) is 140 Å². The lowest BCUT2D eigenvalue weighted by atomic mass is 9.92. The standard InChI is InChI=1S/C70H36N10/c71-37-43-29-50(39-73)68(51(30-43)40-74)47-24-27-65-58(33-47)55-18-8-11-21-63(55)79(65)62-20-10-7-17-54(62)57-26-23-49(70-77-60(45-13-3-1-4-14-45)36-61(78-70)46-15-5-2-6-16-46)35-67(57)80-64-22-12-9-19-56(64)59-34-48(25-28-66(59)80)69-52(41-75)31-44(38-72)32-53(69)42-76/h1-36H. The molecule has 0 atom stereocenters. The van der Waals surface area contributed by atoms with Crippen molar-refractivity contribution in [3.05, 3.63) is 252 Å². The van der Waals surface area contributed by atoms with E-state index >= 15 is 0 Å². The van der Waals surface area contributed by atoms with Gasteiger partial charge in [0.05, 0.1) is 115 Å². The molecular weight excluding hydrogens is 981 g/mol. The van der Waals surface area contributed by atoms with Crippen LogP contribution in [0, 0.1) is 68.0 Å². The fourth-order valence-electron chi connectivity index (χ4n) is 11.2. The number of rotatable bonds is 8. The van der Waals surface area contributed by atoms with E-state index in [-0.39, 0.29) is 33.4 Å². The summed E-state index contributed by atoms with van der Waals surface area (Å²) < 4.78 is 4.51. The van der Waals surface area contributed by atoms with Gasteiger partial charge in [-0.05, 0) is 90.0 Å². The molecule has 13 rings (SSSR count). The van der Waals surface area contributed by atoms with Crippen LogP contribution in [0.25, 0.3) is 122 Å². The van der Waals surface area contributed by atoms with Gasteiger partial charge >= 0.3 is 0 Å². The van der Waals surface area contributed by atoms with Crippen molar-refractivity contribution >= 4 is 43.6 Å². The van der Waals surface area contributed by atoms with E-state index in [0.29, 0.717) is 28.1 Å². The molecule has 3 heterocycles. The molecule has 0 aliphatic heterocycles. The van der Waals surface area contributed by atoms with Crippen LogP contribution in [0.2, 0.25) is 0 Å². The Morgan fingerprint density at radius 3 is 1.16 bits per heavy atom. The summed E-state index contributed by atoms with van der Waals surface area (Å²) in [6.45, 7) is 0. The second kappa shape index (κ2) is 19.5. The molecule has 10 aromatic carbocycles. The number of nitriles is 6. The van der Waals surface area contributed by atoms with Crippen LogP contribution in [0.4, 0.5) is 0 Å². The molecule has 0 aliphatic rings. The molecule has 3 aromatic heterocycles. The third-order valence-corrected chi connectivity index (χ3v) is 14.7. The van der Waals surface area contributed by atoms with Crippen molar-refractivity contribution in [1.29, 1.82) is 31.6 Å². The third kappa shape index (κ3) is 7.84. The SMILES string of the molecule is N#Cc1cc(C#N)c(-c2ccc3c(c2)c2ccccc2n3-c2ccccc2-c2ccc(-c3nc(-c4ccccc4)cc(-c4ccccc4)n3)cc2-n2c3ccccc3c3cc(-c4c(C#N)cc(C#N)cc4C#N)ccc32)c(C#N)c1. The van der Waals surface area contributed by atoms with Crippen LogP contribution in [0.1, 0.15) is 33.4 Å². The number of aromatic nitrogens is 4. The molecular formula is C70H36N10. The van der Waals surface area contributed by atoms with Gasteiger partial charge < -0.3 is 9.13 Å². The minimum absolute atomic E-state index is 0.234. The highest BCUT2D eigenvalue weighted by Gasteiger charge is 2.24. The number of nitrogens with zero attached hydrogens (tertiary/aromatic N) is 10. The Balaban J connectivity index is 1.08. The van der Waals surface area contributed by atoms with Crippen LogP contribution in [-0.4, -0.2) is 19.1 Å². The largest absolute Gasteiger partial charge is 0.309 e. The van der Waals surface area contributed by atoms with E-state index in [2.05, 4.69) is 100 Å². The first-order valence-electron chi connectivity index (χ1n) is 25.5. The molecule has 0 aliphatic carbocycles. The van der Waals surface area contributed by atoms with Crippen molar-refractivity contribution in [2.75, 3.05) is 0 Å². The summed E-state index contributed by atoms with van der Waals surface area (Å²) in [5.41, 5.74) is 15.0. The van der Waals surface area contributed by atoms with Crippen LogP contribution < -0.4 is 0 Å². The summed E-state index contributed by atoms with van der Waals surface area (Å²) >= 11 is 0. The summed E-state index contributed by atoms with van der Waals surface area (Å²) in [5.74, 6) is 0.530. The van der Waals surface area contributed by atoms with E-state index < -0.39 is 0 Å². The van der Waals surface area contributed by atoms with Crippen molar-refractivity contribution in [3.8, 4) is 115 Å². The predicted octanol–water partition coefficient (Wildman–Crippen LogP) is 15.9. The van der Waals surface area contributed by atoms with Crippen molar-refractivity contribution < 1.29 is 0 Å². The van der Waals surface area contributed by atoms with Gasteiger partial charge in [0.15, 0.2) is 5.82 Å². The van der Waals surface area contributed by atoms with Gasteiger partial charge in [-0.15, -0.1) is 0 Å². The summed E-state index contributed by atoms with van der Waals surface area (Å²) in [4.78, 5) is 10.6. The minimum atomic E-state index is 0.234. The van der Waals surface area contributed by atoms with Gasteiger partial charge in [-0.25, -0.2) is 9.97 Å². The first-order chi connectivity index (χ1) is 39.4. The van der Waals surface area contributed by atoms with E-state index in [1.165, 1.54) is 24.3 Å². The Hall–Kier alpha value is -12.2. The maximum Gasteiger partial charge on any atom is 0.160 e. The Morgan fingerprint density at radius 1 is 0.287 bits per heavy atom. The predicted molar refractivity (Wildman–Crippen MR) is 312 cm³/mol. The number of fused-ring (bicyclic) bond motifs is 6. The Bertz CT molecular complexity index is 4900. The third-order valence-electron chi connectivity index (χ3n) is 14.7. The molecule has 0 saturated carbocycles. The maximum atomic E-state index is 10.4. The van der Waals surface area contributed by atoms with Crippen LogP contribution in [0.3, 0.4) is 0 Å². The molecule has 0 spiro atoms. The Morgan fingerprint density at radius 2 is 0.688 bits per heavy atom. The van der Waals surface area contributed by atoms with Gasteiger partial charge in [0.1, 0.15) is 0 Å². The quantitative estimate of drug-likeness (QED) is 0.144. The Labute approximate surface area is 458 Å². The molecule has 366 valence electrons. The fraction of sp³-hybridized carbons (Fsp3) is 0. The average molecular weight is 1020 g/mol. The van der Waals surface area contributed by atoms with Gasteiger partial charge in [-0.2, -0.15) is 31.6 Å². The molecule has 13 aromatic rings. The zero-order valence-corrected chi connectivity index (χ0v) is 42.3. The van der Waals surface area contributed by atoms with Gasteiger partial charge in [-0.1, -0.05) is 140 Å². The summed E-state index contributed by atoms with van der Waals surface area (Å²) in [6, 6.07) is 84.4. The number of benzene rings is 10. The van der Waals surface area contributed by atoms with E-state index in [4.69, 9.17) is 9.97 Å². The minimum Gasteiger partial charge on any atom is -0.309 e. The highest BCUT2D eigenvalue weighted by atomic mass is 15.0. The van der Waals surface area contributed by atoms with Gasteiger partial charge in [-0.3, -0.25) is 0 Å². The highest BCUT2D eigenvalue weighted by Crippen LogP contribution is 2.44. The molecule has 0 fully saturated rings. The molecule has 10 heteroatoms. The van der Waals surface area contributed by atoms with E-state index in [1.54, 1.807) is 0 Å². The lowest BCUT2D eigenvalue weighted by Crippen LogP contribution is -2.03. The molecule has 0 saturated heterocycles. The highest BCUT2D eigenvalue weighted by molar-refractivity contribution is 6.13. The maximum absolute atomic E-state index is 10.4. The summed E-state index contributed by atoms with van der Waals surface area (Å²) in [7, 11) is 0. The molecule has 10 nitrogen and oxygen atoms in total. The number of para-hydroxylation sites is 3.